The van der Waals surface area contributed by atoms with Crippen LogP contribution in [0.1, 0.15) is 39.5 Å². The van der Waals surface area contributed by atoms with Gasteiger partial charge in [0.05, 0.1) is 0 Å². The van der Waals surface area contributed by atoms with Crippen molar-refractivity contribution in [2.45, 2.75) is 39.5 Å². The van der Waals surface area contributed by atoms with E-state index in [0.29, 0.717) is 0 Å². The Morgan fingerprint density at radius 2 is 2.09 bits per heavy atom. The summed E-state index contributed by atoms with van der Waals surface area (Å²) in [5, 5.41) is 0. The van der Waals surface area contributed by atoms with E-state index in [9.17, 15) is 0 Å². The van der Waals surface area contributed by atoms with Crippen LogP contribution in [-0.4, -0.2) is 0 Å². The summed E-state index contributed by atoms with van der Waals surface area (Å²) in [6.45, 7) is 4.56. The van der Waals surface area contributed by atoms with E-state index in [-0.39, 0.29) is 0 Å². The molecule has 0 saturated heterocycles. The van der Waals surface area contributed by atoms with Crippen LogP contribution in [-0.2, 0) is 0 Å². The Morgan fingerprint density at radius 1 is 1.45 bits per heavy atom. The van der Waals surface area contributed by atoms with Crippen molar-refractivity contribution in [2.24, 2.45) is 17.8 Å². The van der Waals surface area contributed by atoms with Gasteiger partial charge in [-0.05, 0) is 50.4 Å². The van der Waals surface area contributed by atoms with Gasteiger partial charge in [-0.1, -0.05) is 18.6 Å². The van der Waals surface area contributed by atoms with Crippen LogP contribution in [0.3, 0.4) is 0 Å². The molecule has 2 rings (SSSR count). The molecular weight excluding hydrogens is 132 g/mol. The maximum atomic E-state index is 2.39. The lowest BCUT2D eigenvalue weighted by molar-refractivity contribution is 0.361. The molecule has 0 heterocycles. The minimum absolute atomic E-state index is 1.06. The predicted octanol–water partition coefficient (Wildman–Crippen LogP) is 3.39. The van der Waals surface area contributed by atoms with Crippen molar-refractivity contribution < 1.29 is 0 Å². The van der Waals surface area contributed by atoms with Gasteiger partial charge in [-0.2, -0.15) is 0 Å². The van der Waals surface area contributed by atoms with Crippen LogP contribution in [0.15, 0.2) is 11.6 Å². The third kappa shape index (κ3) is 1.50. The van der Waals surface area contributed by atoms with Gasteiger partial charge in [0, 0.05) is 0 Å². The van der Waals surface area contributed by atoms with Crippen molar-refractivity contribution in [1.82, 2.24) is 0 Å². The quantitative estimate of drug-likeness (QED) is 0.529. The first-order chi connectivity index (χ1) is 5.29. The van der Waals surface area contributed by atoms with Gasteiger partial charge >= 0.3 is 0 Å². The van der Waals surface area contributed by atoms with Crippen LogP contribution in [0.25, 0.3) is 0 Å². The average Bonchev–Trinajstić information content (AvgIpc) is 2.56. The zero-order valence-electron chi connectivity index (χ0n) is 7.64. The third-order valence-electron chi connectivity index (χ3n) is 3.42. The average molecular weight is 150 g/mol. The lowest BCUT2D eigenvalue weighted by Gasteiger charge is -2.29. The van der Waals surface area contributed by atoms with E-state index in [0.717, 1.165) is 17.8 Å². The zero-order valence-corrected chi connectivity index (χ0v) is 7.64. The number of rotatable bonds is 2. The highest BCUT2D eigenvalue weighted by Crippen LogP contribution is 2.47. The molecule has 0 aromatic rings. The Kier molecular flexibility index (Phi) is 1.78. The molecule has 0 amide bonds. The summed E-state index contributed by atoms with van der Waals surface area (Å²) < 4.78 is 0. The fourth-order valence-electron chi connectivity index (χ4n) is 2.24. The van der Waals surface area contributed by atoms with E-state index in [1.807, 2.05) is 0 Å². The second-order valence-corrected chi connectivity index (χ2v) is 4.43. The second kappa shape index (κ2) is 2.66. The number of hydrogen-bond acceptors (Lipinski definition) is 0. The molecule has 0 bridgehead atoms. The Balaban J connectivity index is 1.68. The first-order valence-electron chi connectivity index (χ1n) is 4.93. The molecule has 0 aromatic heterocycles. The van der Waals surface area contributed by atoms with Gasteiger partial charge in [-0.15, -0.1) is 0 Å². The van der Waals surface area contributed by atoms with E-state index in [1.54, 1.807) is 5.57 Å². The molecule has 11 heavy (non-hydrogen) atoms. The highest BCUT2D eigenvalue weighted by Gasteiger charge is 2.36. The predicted molar refractivity (Wildman–Crippen MR) is 48.4 cm³/mol. The van der Waals surface area contributed by atoms with E-state index < -0.39 is 0 Å². The summed E-state index contributed by atoms with van der Waals surface area (Å²) in [5.41, 5.74) is 1.70. The largest absolute Gasteiger partial charge is 0.0884 e. The topological polar surface area (TPSA) is 0 Å². The van der Waals surface area contributed by atoms with Crippen molar-refractivity contribution >= 4 is 0 Å². The van der Waals surface area contributed by atoms with E-state index in [2.05, 4.69) is 19.9 Å². The van der Waals surface area contributed by atoms with Crippen LogP contribution in [0.5, 0.6) is 0 Å². The first-order valence-corrected chi connectivity index (χ1v) is 4.93. The molecule has 0 nitrogen and oxygen atoms in total. The molecule has 2 unspecified atom stereocenters. The highest BCUT2D eigenvalue weighted by atomic mass is 14.4. The molecule has 2 saturated carbocycles. The molecule has 0 radical (unpaired) electrons. The van der Waals surface area contributed by atoms with Crippen molar-refractivity contribution in [3.63, 3.8) is 0 Å². The Labute approximate surface area is 69.7 Å². The molecule has 0 aromatic carbocycles. The lowest BCUT2D eigenvalue weighted by Crippen LogP contribution is -2.15. The van der Waals surface area contributed by atoms with Crippen LogP contribution >= 0.6 is 0 Å². The van der Waals surface area contributed by atoms with Crippen LogP contribution in [0.2, 0.25) is 0 Å². The van der Waals surface area contributed by atoms with Gasteiger partial charge in [0.15, 0.2) is 0 Å². The van der Waals surface area contributed by atoms with Crippen LogP contribution < -0.4 is 0 Å². The molecular formula is C11H18. The fourth-order valence-corrected chi connectivity index (χ4v) is 2.24. The summed E-state index contributed by atoms with van der Waals surface area (Å²) in [4.78, 5) is 0. The SMILES string of the molecule is CC=C1CC(CC2CC2C)C1. The molecule has 2 aliphatic rings. The van der Waals surface area contributed by atoms with Gasteiger partial charge < -0.3 is 0 Å². The summed E-state index contributed by atoms with van der Waals surface area (Å²) in [6, 6.07) is 0. The Morgan fingerprint density at radius 3 is 2.55 bits per heavy atom. The van der Waals surface area contributed by atoms with Crippen LogP contribution in [0.4, 0.5) is 0 Å². The molecule has 2 aliphatic carbocycles. The maximum absolute atomic E-state index is 2.39. The van der Waals surface area contributed by atoms with Crippen molar-refractivity contribution in [1.29, 1.82) is 0 Å². The lowest BCUT2D eigenvalue weighted by atomic mass is 9.77. The molecule has 0 heteroatoms. The smallest absolute Gasteiger partial charge is 0.0289 e. The first kappa shape index (κ1) is 7.39. The molecule has 0 spiro atoms. The number of allylic oxidation sites excluding steroid dienone is 2. The van der Waals surface area contributed by atoms with Gasteiger partial charge in [0.1, 0.15) is 0 Å². The van der Waals surface area contributed by atoms with Gasteiger partial charge in [0.25, 0.3) is 0 Å². The Hall–Kier alpha value is -0.260. The fraction of sp³-hybridized carbons (Fsp3) is 0.818. The van der Waals surface area contributed by atoms with Gasteiger partial charge in [-0.3, -0.25) is 0 Å². The third-order valence-corrected chi connectivity index (χ3v) is 3.42. The van der Waals surface area contributed by atoms with Crippen molar-refractivity contribution in [3.8, 4) is 0 Å². The summed E-state index contributed by atoms with van der Waals surface area (Å²) in [5.74, 6) is 3.24. The number of hydrogen-bond donors (Lipinski definition) is 0. The van der Waals surface area contributed by atoms with Gasteiger partial charge in [-0.25, -0.2) is 0 Å². The molecule has 2 atom stereocenters. The molecule has 62 valence electrons. The van der Waals surface area contributed by atoms with Crippen LogP contribution in [0, 0.1) is 17.8 Å². The van der Waals surface area contributed by atoms with Crippen molar-refractivity contribution in [3.05, 3.63) is 11.6 Å². The zero-order chi connectivity index (χ0) is 7.84. The molecule has 2 fully saturated rings. The normalized spacial score (nSPS) is 41.6. The summed E-state index contributed by atoms with van der Waals surface area (Å²) in [6.07, 6.45) is 8.17. The minimum Gasteiger partial charge on any atom is -0.0884 e. The monoisotopic (exact) mass is 150 g/mol. The second-order valence-electron chi connectivity index (χ2n) is 4.43. The summed E-state index contributed by atoms with van der Waals surface area (Å²) >= 11 is 0. The highest BCUT2D eigenvalue weighted by molar-refractivity contribution is 5.12. The van der Waals surface area contributed by atoms with E-state index in [1.165, 1.54) is 25.7 Å². The minimum atomic E-state index is 1.06. The van der Waals surface area contributed by atoms with E-state index >= 15 is 0 Å². The van der Waals surface area contributed by atoms with Crippen molar-refractivity contribution in [2.75, 3.05) is 0 Å². The summed E-state index contributed by atoms with van der Waals surface area (Å²) in [7, 11) is 0. The van der Waals surface area contributed by atoms with E-state index in [4.69, 9.17) is 0 Å². The standard InChI is InChI=1S/C11H18/c1-3-9-5-10(6-9)7-11-4-8(11)2/h3,8,10-11H,4-7H2,1-2H3. The van der Waals surface area contributed by atoms with Gasteiger partial charge in [0.2, 0.25) is 0 Å². The Bertz CT molecular complexity index is 170. The maximum Gasteiger partial charge on any atom is -0.0289 e. The molecule has 0 N–H and O–H groups in total. The molecule has 0 aliphatic heterocycles.